The van der Waals surface area contributed by atoms with E-state index in [1.54, 1.807) is 0 Å². The SMILES string of the molecule is O=C(O)C1C[C@@H]2CCC=C[C@H]2C(=O)N1. The molecule has 14 heavy (non-hydrogen) atoms. The molecule has 1 aliphatic carbocycles. The van der Waals surface area contributed by atoms with E-state index in [1.165, 1.54) is 0 Å². The third kappa shape index (κ3) is 1.52. The number of carbonyl (C=O) groups excluding carboxylic acids is 1. The van der Waals surface area contributed by atoms with Gasteiger partial charge in [0.2, 0.25) is 5.91 Å². The van der Waals surface area contributed by atoms with Crippen LogP contribution in [0.1, 0.15) is 19.3 Å². The molecule has 2 N–H and O–H groups in total. The lowest BCUT2D eigenvalue weighted by Gasteiger charge is -2.34. The molecule has 1 amide bonds. The zero-order valence-corrected chi connectivity index (χ0v) is 7.77. The number of aliphatic carboxylic acids is 1. The van der Waals surface area contributed by atoms with Gasteiger partial charge in [0, 0.05) is 0 Å². The molecule has 2 rings (SSSR count). The van der Waals surface area contributed by atoms with E-state index in [9.17, 15) is 9.59 Å². The zero-order chi connectivity index (χ0) is 10.1. The van der Waals surface area contributed by atoms with Crippen LogP contribution >= 0.6 is 0 Å². The fourth-order valence-corrected chi connectivity index (χ4v) is 2.25. The summed E-state index contributed by atoms with van der Waals surface area (Å²) in [5.41, 5.74) is 0. The van der Waals surface area contributed by atoms with E-state index >= 15 is 0 Å². The van der Waals surface area contributed by atoms with Crippen LogP contribution < -0.4 is 5.32 Å². The number of allylic oxidation sites excluding steroid dienone is 1. The second kappa shape index (κ2) is 3.44. The summed E-state index contributed by atoms with van der Waals surface area (Å²) in [6.07, 6.45) is 6.36. The summed E-state index contributed by atoms with van der Waals surface area (Å²) >= 11 is 0. The Morgan fingerprint density at radius 2 is 2.36 bits per heavy atom. The van der Waals surface area contributed by atoms with Crippen molar-refractivity contribution in [2.45, 2.75) is 25.3 Å². The first kappa shape index (κ1) is 9.24. The van der Waals surface area contributed by atoms with Crippen molar-refractivity contribution in [1.29, 1.82) is 0 Å². The van der Waals surface area contributed by atoms with Gasteiger partial charge in [0.05, 0.1) is 5.92 Å². The average Bonchev–Trinajstić information content (AvgIpc) is 2.17. The molecule has 1 saturated heterocycles. The summed E-state index contributed by atoms with van der Waals surface area (Å²) in [5, 5.41) is 11.3. The molecule has 1 unspecified atom stereocenters. The van der Waals surface area contributed by atoms with Crippen molar-refractivity contribution in [2.24, 2.45) is 11.8 Å². The highest BCUT2D eigenvalue weighted by Crippen LogP contribution is 2.32. The first-order chi connectivity index (χ1) is 6.68. The highest BCUT2D eigenvalue weighted by molar-refractivity contribution is 5.87. The lowest BCUT2D eigenvalue weighted by Crippen LogP contribution is -2.51. The first-order valence-corrected chi connectivity index (χ1v) is 4.88. The molecule has 76 valence electrons. The summed E-state index contributed by atoms with van der Waals surface area (Å²) in [4.78, 5) is 22.3. The maximum atomic E-state index is 11.5. The van der Waals surface area contributed by atoms with Crippen LogP contribution in [0.2, 0.25) is 0 Å². The predicted molar refractivity (Wildman–Crippen MR) is 49.5 cm³/mol. The number of hydrogen-bond acceptors (Lipinski definition) is 2. The monoisotopic (exact) mass is 195 g/mol. The fourth-order valence-electron chi connectivity index (χ4n) is 2.25. The fraction of sp³-hybridized carbons (Fsp3) is 0.600. The molecule has 0 spiro atoms. The number of rotatable bonds is 1. The van der Waals surface area contributed by atoms with E-state index in [0.29, 0.717) is 6.42 Å². The van der Waals surface area contributed by atoms with Crippen molar-refractivity contribution in [3.8, 4) is 0 Å². The maximum Gasteiger partial charge on any atom is 0.326 e. The van der Waals surface area contributed by atoms with Gasteiger partial charge in [-0.2, -0.15) is 0 Å². The molecule has 1 fully saturated rings. The van der Waals surface area contributed by atoms with Gasteiger partial charge in [0.15, 0.2) is 0 Å². The Kier molecular flexibility index (Phi) is 2.27. The molecule has 0 aromatic heterocycles. The van der Waals surface area contributed by atoms with E-state index < -0.39 is 12.0 Å². The number of carboxylic acids is 1. The third-order valence-electron chi connectivity index (χ3n) is 3.01. The van der Waals surface area contributed by atoms with Crippen molar-refractivity contribution in [2.75, 3.05) is 0 Å². The Morgan fingerprint density at radius 1 is 1.57 bits per heavy atom. The van der Waals surface area contributed by atoms with Gasteiger partial charge in [-0.1, -0.05) is 12.2 Å². The van der Waals surface area contributed by atoms with Crippen LogP contribution in [-0.4, -0.2) is 23.0 Å². The molecule has 4 nitrogen and oxygen atoms in total. The molecular weight excluding hydrogens is 182 g/mol. The summed E-state index contributed by atoms with van der Waals surface area (Å²) in [7, 11) is 0. The lowest BCUT2D eigenvalue weighted by atomic mass is 9.77. The van der Waals surface area contributed by atoms with E-state index in [0.717, 1.165) is 12.8 Å². The maximum absolute atomic E-state index is 11.5. The van der Waals surface area contributed by atoms with Crippen LogP contribution in [0.3, 0.4) is 0 Å². The molecule has 4 heteroatoms. The zero-order valence-electron chi connectivity index (χ0n) is 7.77. The highest BCUT2D eigenvalue weighted by Gasteiger charge is 2.38. The van der Waals surface area contributed by atoms with Gasteiger partial charge in [0.1, 0.15) is 6.04 Å². The number of carbonyl (C=O) groups is 2. The Morgan fingerprint density at radius 3 is 3.07 bits per heavy atom. The largest absolute Gasteiger partial charge is 0.480 e. The van der Waals surface area contributed by atoms with E-state index in [1.807, 2.05) is 12.2 Å². The smallest absolute Gasteiger partial charge is 0.326 e. The Balaban J connectivity index is 2.14. The minimum absolute atomic E-state index is 0.0978. The average molecular weight is 195 g/mol. The van der Waals surface area contributed by atoms with Crippen molar-refractivity contribution < 1.29 is 14.7 Å². The number of hydrogen-bond donors (Lipinski definition) is 2. The summed E-state index contributed by atoms with van der Waals surface area (Å²) in [6.45, 7) is 0. The molecule has 0 saturated carbocycles. The minimum atomic E-state index is -0.925. The van der Waals surface area contributed by atoms with Crippen LogP contribution in [0.15, 0.2) is 12.2 Å². The van der Waals surface area contributed by atoms with Crippen LogP contribution in [0, 0.1) is 11.8 Å². The summed E-state index contributed by atoms with van der Waals surface area (Å²) in [6, 6.07) is -0.685. The van der Waals surface area contributed by atoms with Gasteiger partial charge >= 0.3 is 5.97 Å². The van der Waals surface area contributed by atoms with Gasteiger partial charge in [-0.3, -0.25) is 4.79 Å². The molecule has 3 atom stereocenters. The Bertz CT molecular complexity index is 298. The number of carboxylic acid groups (broad SMARTS) is 1. The van der Waals surface area contributed by atoms with Gasteiger partial charge in [-0.25, -0.2) is 4.79 Å². The highest BCUT2D eigenvalue weighted by atomic mass is 16.4. The molecule has 1 aliphatic heterocycles. The number of fused-ring (bicyclic) bond motifs is 1. The number of piperidine rings is 1. The van der Waals surface area contributed by atoms with Crippen molar-refractivity contribution in [3.05, 3.63) is 12.2 Å². The molecule has 0 bridgehead atoms. The standard InChI is InChI=1S/C10H13NO3/c12-9-7-4-2-1-3-6(7)5-8(11-9)10(13)14/h2,4,6-8H,1,3,5H2,(H,11,12)(H,13,14)/t6-,7+,8?/m0/s1. The second-order valence-corrected chi connectivity index (χ2v) is 3.93. The molecule has 0 aromatic rings. The molecule has 0 radical (unpaired) electrons. The van der Waals surface area contributed by atoms with Crippen LogP contribution in [0.5, 0.6) is 0 Å². The van der Waals surface area contributed by atoms with Crippen LogP contribution in [0.25, 0.3) is 0 Å². The van der Waals surface area contributed by atoms with Crippen molar-refractivity contribution in [3.63, 3.8) is 0 Å². The van der Waals surface area contributed by atoms with E-state index in [4.69, 9.17) is 5.11 Å². The van der Waals surface area contributed by atoms with Crippen molar-refractivity contribution in [1.82, 2.24) is 5.32 Å². The van der Waals surface area contributed by atoms with E-state index in [2.05, 4.69) is 5.32 Å². The van der Waals surface area contributed by atoms with E-state index in [-0.39, 0.29) is 17.7 Å². The Labute approximate surface area is 82.0 Å². The van der Waals surface area contributed by atoms with Gasteiger partial charge in [0.25, 0.3) is 0 Å². The van der Waals surface area contributed by atoms with Crippen LogP contribution in [-0.2, 0) is 9.59 Å². The minimum Gasteiger partial charge on any atom is -0.480 e. The number of nitrogens with one attached hydrogen (secondary N) is 1. The normalized spacial score (nSPS) is 36.0. The third-order valence-corrected chi connectivity index (χ3v) is 3.01. The van der Waals surface area contributed by atoms with Crippen molar-refractivity contribution >= 4 is 11.9 Å². The summed E-state index contributed by atoms with van der Waals surface area (Å²) < 4.78 is 0. The second-order valence-electron chi connectivity index (χ2n) is 3.93. The quantitative estimate of drug-likeness (QED) is 0.600. The topological polar surface area (TPSA) is 66.4 Å². The van der Waals surface area contributed by atoms with Gasteiger partial charge in [-0.05, 0) is 25.2 Å². The Hall–Kier alpha value is -1.32. The van der Waals surface area contributed by atoms with Gasteiger partial charge < -0.3 is 10.4 Å². The predicted octanol–water partition coefficient (Wildman–Crippen LogP) is 0.542. The molecule has 1 heterocycles. The van der Waals surface area contributed by atoms with Crippen LogP contribution in [0.4, 0.5) is 0 Å². The molecule has 2 aliphatic rings. The first-order valence-electron chi connectivity index (χ1n) is 4.88. The molecule has 0 aromatic carbocycles. The lowest BCUT2D eigenvalue weighted by molar-refractivity contribution is -0.145. The number of amides is 1. The molecular formula is C10H13NO3. The van der Waals surface area contributed by atoms with Gasteiger partial charge in [-0.15, -0.1) is 0 Å². The summed E-state index contributed by atoms with van der Waals surface area (Å²) in [5.74, 6) is -0.940.